The molecule has 1 amide bonds. The maximum Gasteiger partial charge on any atom is 0.237 e. The Morgan fingerprint density at radius 3 is 2.95 bits per heavy atom. The summed E-state index contributed by atoms with van der Waals surface area (Å²) in [4.78, 5) is 12.2. The highest BCUT2D eigenvalue weighted by Gasteiger charge is 2.17. The number of carbonyl (C=O) groups is 1. The van der Waals surface area contributed by atoms with E-state index in [2.05, 4.69) is 15.5 Å². The summed E-state index contributed by atoms with van der Waals surface area (Å²) in [7, 11) is 1.58. The summed E-state index contributed by atoms with van der Waals surface area (Å²) >= 11 is 2.81. The lowest BCUT2D eigenvalue weighted by atomic mass is 10.2. The maximum atomic E-state index is 12.2. The minimum absolute atomic E-state index is 0.0888. The molecule has 2 rings (SSSR count). The normalized spacial score (nSPS) is 11.9. The summed E-state index contributed by atoms with van der Waals surface area (Å²) in [6.45, 7) is 3.80. The van der Waals surface area contributed by atoms with Crippen LogP contribution in [0.1, 0.15) is 12.5 Å². The molecule has 1 heterocycles. The molecule has 7 heteroatoms. The summed E-state index contributed by atoms with van der Waals surface area (Å²) in [5.74, 6) is 0.561. The Balaban J connectivity index is 2.05. The minimum Gasteiger partial charge on any atom is -0.495 e. The van der Waals surface area contributed by atoms with E-state index in [-0.39, 0.29) is 11.2 Å². The van der Waals surface area contributed by atoms with Crippen LogP contribution in [0.5, 0.6) is 5.75 Å². The number of aryl methyl sites for hydroxylation is 1. The van der Waals surface area contributed by atoms with E-state index in [4.69, 9.17) is 4.74 Å². The van der Waals surface area contributed by atoms with Crippen LogP contribution in [0.3, 0.4) is 0 Å². The summed E-state index contributed by atoms with van der Waals surface area (Å²) in [6.07, 6.45) is 0. The zero-order valence-corrected chi connectivity index (χ0v) is 13.0. The van der Waals surface area contributed by atoms with E-state index in [0.29, 0.717) is 11.4 Å². The van der Waals surface area contributed by atoms with Crippen molar-refractivity contribution >= 4 is 34.7 Å². The van der Waals surface area contributed by atoms with Gasteiger partial charge in [0.15, 0.2) is 4.34 Å². The average molecular weight is 309 g/mol. The highest BCUT2D eigenvalue weighted by atomic mass is 32.2. The second-order valence-corrected chi connectivity index (χ2v) is 6.58. The van der Waals surface area contributed by atoms with E-state index >= 15 is 0 Å². The van der Waals surface area contributed by atoms with Gasteiger partial charge in [-0.2, -0.15) is 0 Å². The fourth-order valence-electron chi connectivity index (χ4n) is 1.57. The lowest BCUT2D eigenvalue weighted by Crippen LogP contribution is -2.22. The number of nitrogens with zero attached hydrogens (tertiary/aromatic N) is 2. The molecular formula is C13H15N3O2S2. The van der Waals surface area contributed by atoms with Crippen LogP contribution in [0.2, 0.25) is 0 Å². The third-order valence-electron chi connectivity index (χ3n) is 2.60. The number of hydrogen-bond acceptors (Lipinski definition) is 6. The van der Waals surface area contributed by atoms with Gasteiger partial charge in [-0.15, -0.1) is 10.2 Å². The molecule has 0 aliphatic heterocycles. The number of anilines is 1. The molecule has 20 heavy (non-hydrogen) atoms. The number of methoxy groups -OCH3 is 1. The number of rotatable bonds is 5. The fraction of sp³-hybridized carbons (Fsp3) is 0.308. The van der Waals surface area contributed by atoms with Gasteiger partial charge < -0.3 is 10.1 Å². The number of aromatic nitrogens is 2. The molecule has 2 aromatic rings. The van der Waals surface area contributed by atoms with Crippen LogP contribution in [0.4, 0.5) is 5.69 Å². The minimum atomic E-state index is -0.256. The Bertz CT molecular complexity index is 587. The van der Waals surface area contributed by atoms with Crippen molar-refractivity contribution in [2.45, 2.75) is 23.4 Å². The average Bonchev–Trinajstić information content (AvgIpc) is 2.91. The summed E-state index contributed by atoms with van der Waals surface area (Å²) in [5.41, 5.74) is 3.39. The number of nitrogens with one attached hydrogen (secondary N) is 1. The molecule has 0 aliphatic rings. The Morgan fingerprint density at radius 1 is 1.50 bits per heavy atom. The molecule has 0 saturated heterocycles. The molecule has 0 spiro atoms. The molecular weight excluding hydrogens is 294 g/mol. The molecule has 0 unspecified atom stereocenters. The summed E-state index contributed by atoms with van der Waals surface area (Å²) in [5, 5.41) is 10.3. The van der Waals surface area contributed by atoms with Gasteiger partial charge in [0.25, 0.3) is 0 Å². The first-order valence-electron chi connectivity index (χ1n) is 5.98. The lowest BCUT2D eigenvalue weighted by molar-refractivity contribution is -0.115. The standard InChI is InChI=1S/C13H15N3O2S2/c1-8-4-5-11(18-3)10(6-8)15-12(17)9(2)20-13-16-14-7-19-13/h4-7,9H,1-3H3,(H,15,17)/t9-/m1/s1. The molecule has 0 aliphatic carbocycles. The van der Waals surface area contributed by atoms with Crippen molar-refractivity contribution in [1.29, 1.82) is 0 Å². The van der Waals surface area contributed by atoms with Crippen LogP contribution < -0.4 is 10.1 Å². The predicted molar refractivity (Wildman–Crippen MR) is 81.6 cm³/mol. The zero-order chi connectivity index (χ0) is 14.5. The first kappa shape index (κ1) is 14.8. The number of hydrogen-bond donors (Lipinski definition) is 1. The maximum absolute atomic E-state index is 12.2. The summed E-state index contributed by atoms with van der Waals surface area (Å²) in [6, 6.07) is 5.67. The highest BCUT2D eigenvalue weighted by molar-refractivity contribution is 8.02. The Hall–Kier alpha value is -1.60. The number of ether oxygens (including phenoxy) is 1. The van der Waals surface area contributed by atoms with E-state index in [0.717, 1.165) is 9.90 Å². The largest absolute Gasteiger partial charge is 0.495 e. The van der Waals surface area contributed by atoms with Crippen LogP contribution in [-0.4, -0.2) is 28.5 Å². The Labute approximate surface area is 125 Å². The number of carbonyl (C=O) groups excluding carboxylic acids is 1. The van der Waals surface area contributed by atoms with E-state index in [1.54, 1.807) is 12.6 Å². The molecule has 1 aromatic heterocycles. The van der Waals surface area contributed by atoms with Gasteiger partial charge in [0, 0.05) is 0 Å². The molecule has 1 N–H and O–H groups in total. The van der Waals surface area contributed by atoms with Gasteiger partial charge in [-0.3, -0.25) is 4.79 Å². The van der Waals surface area contributed by atoms with Gasteiger partial charge in [0.1, 0.15) is 11.3 Å². The third-order valence-corrected chi connectivity index (χ3v) is 4.51. The van der Waals surface area contributed by atoms with Crippen molar-refractivity contribution in [3.8, 4) is 5.75 Å². The van der Waals surface area contributed by atoms with Gasteiger partial charge in [-0.1, -0.05) is 29.2 Å². The van der Waals surface area contributed by atoms with Crippen molar-refractivity contribution < 1.29 is 9.53 Å². The molecule has 0 fully saturated rings. The molecule has 0 bridgehead atoms. The second kappa shape index (κ2) is 6.71. The third kappa shape index (κ3) is 3.71. The monoisotopic (exact) mass is 309 g/mol. The smallest absolute Gasteiger partial charge is 0.237 e. The summed E-state index contributed by atoms with van der Waals surface area (Å²) < 4.78 is 6.03. The predicted octanol–water partition coefficient (Wildman–Crippen LogP) is 2.97. The van der Waals surface area contributed by atoms with Crippen molar-refractivity contribution in [3.63, 3.8) is 0 Å². The van der Waals surface area contributed by atoms with Crippen molar-refractivity contribution in [1.82, 2.24) is 10.2 Å². The van der Waals surface area contributed by atoms with E-state index in [9.17, 15) is 4.79 Å². The van der Waals surface area contributed by atoms with E-state index in [1.165, 1.54) is 23.1 Å². The van der Waals surface area contributed by atoms with Crippen LogP contribution in [-0.2, 0) is 4.79 Å². The topological polar surface area (TPSA) is 64.1 Å². The Kier molecular flexibility index (Phi) is 4.97. The van der Waals surface area contributed by atoms with Crippen molar-refractivity contribution in [3.05, 3.63) is 29.3 Å². The van der Waals surface area contributed by atoms with Crippen LogP contribution in [0.25, 0.3) is 0 Å². The zero-order valence-electron chi connectivity index (χ0n) is 11.4. The highest BCUT2D eigenvalue weighted by Crippen LogP contribution is 2.28. The van der Waals surface area contributed by atoms with Crippen LogP contribution in [0, 0.1) is 6.92 Å². The SMILES string of the molecule is COc1ccc(C)cc1NC(=O)[C@@H](C)Sc1nncs1. The lowest BCUT2D eigenvalue weighted by Gasteiger charge is -2.13. The first-order valence-corrected chi connectivity index (χ1v) is 7.74. The van der Waals surface area contributed by atoms with Crippen LogP contribution in [0.15, 0.2) is 28.0 Å². The number of thioether (sulfide) groups is 1. The quantitative estimate of drug-likeness (QED) is 0.860. The van der Waals surface area contributed by atoms with Gasteiger partial charge in [0.2, 0.25) is 5.91 Å². The Morgan fingerprint density at radius 2 is 2.30 bits per heavy atom. The molecule has 5 nitrogen and oxygen atoms in total. The van der Waals surface area contributed by atoms with Gasteiger partial charge in [0.05, 0.1) is 18.0 Å². The van der Waals surface area contributed by atoms with Crippen molar-refractivity contribution in [2.24, 2.45) is 0 Å². The number of benzene rings is 1. The second-order valence-electron chi connectivity index (χ2n) is 4.16. The van der Waals surface area contributed by atoms with E-state index < -0.39 is 0 Å². The molecule has 0 radical (unpaired) electrons. The van der Waals surface area contributed by atoms with Crippen LogP contribution >= 0.6 is 23.1 Å². The van der Waals surface area contributed by atoms with Gasteiger partial charge in [-0.05, 0) is 31.5 Å². The fourth-order valence-corrected chi connectivity index (χ4v) is 3.20. The van der Waals surface area contributed by atoms with E-state index in [1.807, 2.05) is 32.0 Å². The van der Waals surface area contributed by atoms with Crippen molar-refractivity contribution in [2.75, 3.05) is 12.4 Å². The van der Waals surface area contributed by atoms with Gasteiger partial charge in [-0.25, -0.2) is 0 Å². The number of amides is 1. The first-order chi connectivity index (χ1) is 9.60. The van der Waals surface area contributed by atoms with Gasteiger partial charge >= 0.3 is 0 Å². The molecule has 1 aromatic carbocycles. The molecule has 0 saturated carbocycles. The molecule has 1 atom stereocenters. The molecule has 106 valence electrons.